The van der Waals surface area contributed by atoms with Gasteiger partial charge in [0, 0.05) is 18.1 Å². The van der Waals surface area contributed by atoms with Crippen LogP contribution in [0.5, 0.6) is 11.5 Å². The number of ether oxygens (including phenoxy) is 2. The van der Waals surface area contributed by atoms with Crippen molar-refractivity contribution in [2.75, 3.05) is 18.7 Å². The van der Waals surface area contributed by atoms with E-state index in [4.69, 9.17) is 9.47 Å². The zero-order chi connectivity index (χ0) is 11.9. The number of nitrogens with zero attached hydrogens (tertiary/aromatic N) is 1. The van der Waals surface area contributed by atoms with Crippen molar-refractivity contribution in [3.8, 4) is 11.5 Å². The van der Waals surface area contributed by atoms with E-state index in [-0.39, 0.29) is 0 Å². The number of benzene rings is 1. The summed E-state index contributed by atoms with van der Waals surface area (Å²) in [4.78, 5) is 4.42. The summed E-state index contributed by atoms with van der Waals surface area (Å²) in [7, 11) is 0. The third kappa shape index (κ3) is 1.65. The lowest BCUT2D eigenvalue weighted by Gasteiger charge is -2.08. The van der Waals surface area contributed by atoms with Gasteiger partial charge in [0.05, 0.1) is 0 Å². The van der Waals surface area contributed by atoms with Crippen LogP contribution in [-0.2, 0) is 0 Å². The van der Waals surface area contributed by atoms with Crippen LogP contribution in [0.2, 0.25) is 0 Å². The molecule has 1 fully saturated rings. The number of rotatable bonds is 3. The van der Waals surface area contributed by atoms with Gasteiger partial charge in [-0.3, -0.25) is 0 Å². The lowest BCUT2D eigenvalue weighted by molar-refractivity contribution is 0.174. The number of fused-ring (bicyclic) bond motifs is 2. The third-order valence-corrected chi connectivity index (χ3v) is 3.51. The summed E-state index contributed by atoms with van der Waals surface area (Å²) in [5.74, 6) is 3.40. The lowest BCUT2D eigenvalue weighted by Crippen LogP contribution is -2.05. The van der Waals surface area contributed by atoms with Crippen molar-refractivity contribution in [1.82, 2.24) is 4.98 Å². The first-order chi connectivity index (χ1) is 8.90. The maximum Gasteiger partial charge on any atom is 0.231 e. The molecule has 4 nitrogen and oxygen atoms in total. The van der Waals surface area contributed by atoms with Gasteiger partial charge < -0.3 is 14.8 Å². The second-order valence-electron chi connectivity index (χ2n) is 4.91. The van der Waals surface area contributed by atoms with E-state index in [2.05, 4.69) is 10.3 Å². The Balaban J connectivity index is 1.76. The van der Waals surface area contributed by atoms with Crippen molar-refractivity contribution in [1.29, 1.82) is 0 Å². The molecule has 0 radical (unpaired) electrons. The molecule has 1 aliphatic heterocycles. The van der Waals surface area contributed by atoms with Gasteiger partial charge in [0.25, 0.3) is 0 Å². The first kappa shape index (κ1) is 10.00. The molecule has 0 bridgehead atoms. The van der Waals surface area contributed by atoms with Crippen LogP contribution in [0.25, 0.3) is 10.8 Å². The number of pyridine rings is 1. The van der Waals surface area contributed by atoms with Crippen molar-refractivity contribution in [2.24, 2.45) is 5.92 Å². The fraction of sp³-hybridized carbons (Fsp3) is 0.357. The average Bonchev–Trinajstić information content (AvgIpc) is 3.11. The van der Waals surface area contributed by atoms with Gasteiger partial charge in [0.1, 0.15) is 5.82 Å². The molecule has 2 aromatic rings. The molecular weight excluding hydrogens is 228 g/mol. The maximum atomic E-state index is 5.42. The van der Waals surface area contributed by atoms with Gasteiger partial charge >= 0.3 is 0 Å². The zero-order valence-corrected chi connectivity index (χ0v) is 9.98. The SMILES string of the molecule is c1cc2cc3c(cc2c(NCC2CC2)n1)OCO3. The lowest BCUT2D eigenvalue weighted by atomic mass is 10.1. The molecule has 0 unspecified atom stereocenters. The Labute approximate surface area is 105 Å². The second-order valence-corrected chi connectivity index (χ2v) is 4.91. The monoisotopic (exact) mass is 242 g/mol. The van der Waals surface area contributed by atoms with Crippen LogP contribution >= 0.6 is 0 Å². The number of nitrogens with one attached hydrogen (secondary N) is 1. The van der Waals surface area contributed by atoms with E-state index in [0.29, 0.717) is 6.79 Å². The summed E-state index contributed by atoms with van der Waals surface area (Å²) < 4.78 is 10.8. The minimum absolute atomic E-state index is 0.309. The van der Waals surface area contributed by atoms with Crippen molar-refractivity contribution in [2.45, 2.75) is 12.8 Å². The molecule has 0 saturated heterocycles. The van der Waals surface area contributed by atoms with E-state index >= 15 is 0 Å². The minimum Gasteiger partial charge on any atom is -0.454 e. The molecule has 1 saturated carbocycles. The van der Waals surface area contributed by atoms with Gasteiger partial charge in [-0.25, -0.2) is 4.98 Å². The van der Waals surface area contributed by atoms with E-state index in [9.17, 15) is 0 Å². The fourth-order valence-corrected chi connectivity index (χ4v) is 2.27. The average molecular weight is 242 g/mol. The highest BCUT2D eigenvalue weighted by Crippen LogP contribution is 2.38. The van der Waals surface area contributed by atoms with Gasteiger partial charge in [-0.2, -0.15) is 0 Å². The van der Waals surface area contributed by atoms with E-state index in [1.807, 2.05) is 24.4 Å². The Bertz CT molecular complexity index is 608. The quantitative estimate of drug-likeness (QED) is 0.898. The summed E-state index contributed by atoms with van der Waals surface area (Å²) in [6, 6.07) is 6.03. The topological polar surface area (TPSA) is 43.4 Å². The van der Waals surface area contributed by atoms with Crippen LogP contribution in [0, 0.1) is 5.92 Å². The standard InChI is InChI=1S/C14H14N2O2/c1-2-9(1)7-16-14-11-6-13-12(17-8-18-13)5-10(11)3-4-15-14/h3-6,9H,1-2,7-8H2,(H,15,16). The van der Waals surface area contributed by atoms with Crippen molar-refractivity contribution in [3.05, 3.63) is 24.4 Å². The van der Waals surface area contributed by atoms with Crippen LogP contribution in [0.15, 0.2) is 24.4 Å². The first-order valence-electron chi connectivity index (χ1n) is 6.32. The van der Waals surface area contributed by atoms with Crippen LogP contribution in [-0.4, -0.2) is 18.3 Å². The highest BCUT2D eigenvalue weighted by molar-refractivity contribution is 5.94. The molecule has 1 aromatic carbocycles. The van der Waals surface area contributed by atoms with Crippen LogP contribution in [0.1, 0.15) is 12.8 Å². The Hall–Kier alpha value is -1.97. The molecule has 92 valence electrons. The van der Waals surface area contributed by atoms with Crippen LogP contribution in [0.4, 0.5) is 5.82 Å². The van der Waals surface area contributed by atoms with E-state index in [0.717, 1.165) is 40.6 Å². The molecule has 2 heterocycles. The Kier molecular flexibility index (Phi) is 2.09. The summed E-state index contributed by atoms with van der Waals surface area (Å²) >= 11 is 0. The Morgan fingerprint density at radius 1 is 1.22 bits per heavy atom. The molecule has 4 heteroatoms. The number of hydrogen-bond acceptors (Lipinski definition) is 4. The normalized spacial score (nSPS) is 17.1. The molecule has 4 rings (SSSR count). The van der Waals surface area contributed by atoms with Gasteiger partial charge in [0.15, 0.2) is 11.5 Å². The predicted molar refractivity (Wildman–Crippen MR) is 69.1 cm³/mol. The van der Waals surface area contributed by atoms with Gasteiger partial charge in [-0.15, -0.1) is 0 Å². The summed E-state index contributed by atoms with van der Waals surface area (Å²) in [6.07, 6.45) is 4.51. The fourth-order valence-electron chi connectivity index (χ4n) is 2.27. The Morgan fingerprint density at radius 3 is 2.89 bits per heavy atom. The molecule has 18 heavy (non-hydrogen) atoms. The van der Waals surface area contributed by atoms with Crippen molar-refractivity contribution < 1.29 is 9.47 Å². The summed E-state index contributed by atoms with van der Waals surface area (Å²) in [6.45, 7) is 1.32. The highest BCUT2D eigenvalue weighted by Gasteiger charge is 2.21. The largest absolute Gasteiger partial charge is 0.454 e. The zero-order valence-electron chi connectivity index (χ0n) is 9.98. The molecular formula is C14H14N2O2. The molecule has 0 amide bonds. The van der Waals surface area contributed by atoms with Crippen LogP contribution < -0.4 is 14.8 Å². The summed E-state index contributed by atoms with van der Waals surface area (Å²) in [5, 5.41) is 5.66. The molecule has 0 spiro atoms. The summed E-state index contributed by atoms with van der Waals surface area (Å²) in [5.41, 5.74) is 0. The number of anilines is 1. The van der Waals surface area contributed by atoms with E-state index < -0.39 is 0 Å². The molecule has 2 aliphatic rings. The second kappa shape index (κ2) is 3.77. The minimum atomic E-state index is 0.309. The van der Waals surface area contributed by atoms with Gasteiger partial charge in [-0.05, 0) is 42.3 Å². The van der Waals surface area contributed by atoms with E-state index in [1.165, 1.54) is 12.8 Å². The molecule has 1 aliphatic carbocycles. The number of hydrogen-bond donors (Lipinski definition) is 1. The third-order valence-electron chi connectivity index (χ3n) is 3.51. The van der Waals surface area contributed by atoms with E-state index in [1.54, 1.807) is 0 Å². The molecule has 1 N–H and O–H groups in total. The smallest absolute Gasteiger partial charge is 0.231 e. The maximum absolute atomic E-state index is 5.42. The first-order valence-corrected chi connectivity index (χ1v) is 6.32. The molecule has 1 aromatic heterocycles. The van der Waals surface area contributed by atoms with Crippen molar-refractivity contribution in [3.63, 3.8) is 0 Å². The highest BCUT2D eigenvalue weighted by atomic mass is 16.7. The van der Waals surface area contributed by atoms with Gasteiger partial charge in [0.2, 0.25) is 6.79 Å². The van der Waals surface area contributed by atoms with Crippen molar-refractivity contribution >= 4 is 16.6 Å². The molecule has 0 atom stereocenters. The van der Waals surface area contributed by atoms with Crippen LogP contribution in [0.3, 0.4) is 0 Å². The predicted octanol–water partition coefficient (Wildman–Crippen LogP) is 2.79. The number of aromatic nitrogens is 1. The Morgan fingerprint density at radius 2 is 2.06 bits per heavy atom. The van der Waals surface area contributed by atoms with Gasteiger partial charge in [-0.1, -0.05) is 0 Å².